The minimum atomic E-state index is -1.33. The zero-order valence-electron chi connectivity index (χ0n) is 14.3. The van der Waals surface area contributed by atoms with E-state index >= 15 is 0 Å². The monoisotopic (exact) mass is 324 g/mol. The number of benzene rings is 2. The third-order valence-electron chi connectivity index (χ3n) is 4.53. The molecule has 0 nitrogen and oxygen atoms in total. The maximum atomic E-state index is 2.46. The van der Waals surface area contributed by atoms with Gasteiger partial charge in [0.1, 0.15) is 0 Å². The molecule has 0 atom stereocenters. The fourth-order valence-corrected chi connectivity index (χ4v) is 6.94. The molecule has 2 heteroatoms. The molecule has 0 saturated carbocycles. The van der Waals surface area contributed by atoms with E-state index in [1.807, 2.05) is 0 Å². The second-order valence-corrected chi connectivity index (χ2v) is 16.9. The largest absolute Gasteiger partial charge is 0.0912 e. The summed E-state index contributed by atoms with van der Waals surface area (Å²) in [5.41, 5.74) is 0. The van der Waals surface area contributed by atoms with Crippen LogP contribution in [-0.4, -0.2) is 16.1 Å². The topological polar surface area (TPSA) is 0 Å². The van der Waals surface area contributed by atoms with Crippen molar-refractivity contribution in [3.63, 3.8) is 0 Å². The summed E-state index contributed by atoms with van der Waals surface area (Å²) in [5.74, 6) is 0. The maximum absolute atomic E-state index is 2.46. The van der Waals surface area contributed by atoms with Gasteiger partial charge in [-0.25, -0.2) is 0 Å². The minimum absolute atomic E-state index is 1.23. The Balaban J connectivity index is 1.96. The van der Waals surface area contributed by atoms with E-state index in [0.717, 1.165) is 0 Å². The van der Waals surface area contributed by atoms with Gasteiger partial charge in [0.15, 0.2) is 0 Å². The molecule has 0 bridgehead atoms. The first kappa shape index (κ1) is 17.0. The van der Waals surface area contributed by atoms with Crippen molar-refractivity contribution in [3.8, 4) is 0 Å². The lowest BCUT2D eigenvalue weighted by Gasteiger charge is -2.23. The van der Waals surface area contributed by atoms with Crippen molar-refractivity contribution in [1.82, 2.24) is 0 Å². The van der Waals surface area contributed by atoms with Gasteiger partial charge in [0.2, 0.25) is 0 Å². The molecule has 0 heterocycles. The first-order valence-corrected chi connectivity index (χ1v) is 14.6. The summed E-state index contributed by atoms with van der Waals surface area (Å²) in [6.45, 7) is 9.86. The molecule has 0 aromatic heterocycles. The summed E-state index contributed by atoms with van der Waals surface area (Å²) < 4.78 is 0. The number of allylic oxidation sites excluding steroid dienone is 2. The molecule has 0 aliphatic rings. The zero-order valence-corrected chi connectivity index (χ0v) is 16.3. The minimum Gasteiger partial charge on any atom is -0.0912 e. The average molecular weight is 325 g/mol. The summed E-state index contributed by atoms with van der Waals surface area (Å²) in [7, 11) is -2.65. The molecule has 2 rings (SSSR count). The number of rotatable bonds is 6. The number of hydrogen-bond acceptors (Lipinski definition) is 0. The fourth-order valence-electron chi connectivity index (χ4n) is 2.77. The molecule has 0 fully saturated rings. The predicted octanol–water partition coefficient (Wildman–Crippen LogP) is 4.77. The van der Waals surface area contributed by atoms with Crippen LogP contribution in [0.5, 0.6) is 0 Å². The van der Waals surface area contributed by atoms with Gasteiger partial charge >= 0.3 is 0 Å². The highest BCUT2D eigenvalue weighted by atomic mass is 28.3. The SMILES string of the molecule is C[Si](C)(CC=CC[Si](C)(C)c1ccccc1)c1ccccc1. The second-order valence-electron chi connectivity index (χ2n) is 7.38. The van der Waals surface area contributed by atoms with Crippen LogP contribution < -0.4 is 10.4 Å². The molecular weight excluding hydrogens is 296 g/mol. The van der Waals surface area contributed by atoms with Crippen molar-refractivity contribution in [2.45, 2.75) is 38.3 Å². The van der Waals surface area contributed by atoms with Crippen molar-refractivity contribution < 1.29 is 0 Å². The zero-order chi connectivity index (χ0) is 16.1. The van der Waals surface area contributed by atoms with E-state index in [9.17, 15) is 0 Å². The molecule has 116 valence electrons. The summed E-state index contributed by atoms with van der Waals surface area (Å²) in [6.07, 6.45) is 4.88. The fraction of sp³-hybridized carbons (Fsp3) is 0.300. The lowest BCUT2D eigenvalue weighted by Crippen LogP contribution is -2.41. The molecule has 2 aromatic rings. The molecule has 0 saturated heterocycles. The van der Waals surface area contributed by atoms with Crippen molar-refractivity contribution in [1.29, 1.82) is 0 Å². The van der Waals surface area contributed by atoms with Gasteiger partial charge in [-0.15, -0.1) is 0 Å². The van der Waals surface area contributed by atoms with Crippen LogP contribution in [0.1, 0.15) is 0 Å². The molecule has 0 amide bonds. The highest BCUT2D eigenvalue weighted by Gasteiger charge is 2.23. The Morgan fingerprint density at radius 2 is 0.909 bits per heavy atom. The summed E-state index contributed by atoms with van der Waals surface area (Å²) >= 11 is 0. The molecule has 0 N–H and O–H groups in total. The Morgan fingerprint density at radius 1 is 0.591 bits per heavy atom. The Bertz CT molecular complexity index is 543. The summed E-state index contributed by atoms with van der Waals surface area (Å²) in [4.78, 5) is 0. The molecule has 2 aromatic carbocycles. The average Bonchev–Trinajstić information content (AvgIpc) is 2.53. The molecule has 0 aliphatic heterocycles. The van der Waals surface area contributed by atoms with Gasteiger partial charge in [0, 0.05) is 0 Å². The highest BCUT2D eigenvalue weighted by Crippen LogP contribution is 2.14. The van der Waals surface area contributed by atoms with Crippen LogP contribution in [0.4, 0.5) is 0 Å². The molecule has 0 spiro atoms. The van der Waals surface area contributed by atoms with E-state index < -0.39 is 16.1 Å². The smallest absolute Gasteiger partial charge is 0.0843 e. The maximum Gasteiger partial charge on any atom is 0.0843 e. The molecule has 22 heavy (non-hydrogen) atoms. The van der Waals surface area contributed by atoms with E-state index in [4.69, 9.17) is 0 Å². The molecule has 0 unspecified atom stereocenters. The molecule has 0 aliphatic carbocycles. The third-order valence-corrected chi connectivity index (χ3v) is 10.8. The van der Waals surface area contributed by atoms with Crippen LogP contribution in [0.25, 0.3) is 0 Å². The second kappa shape index (κ2) is 7.25. The lowest BCUT2D eigenvalue weighted by atomic mass is 10.4. The van der Waals surface area contributed by atoms with Gasteiger partial charge in [-0.1, -0.05) is 109 Å². The van der Waals surface area contributed by atoms with E-state index in [1.54, 1.807) is 10.4 Å². The van der Waals surface area contributed by atoms with Crippen LogP contribution in [0, 0.1) is 0 Å². The Hall–Kier alpha value is -1.39. The van der Waals surface area contributed by atoms with Gasteiger partial charge in [-0.3, -0.25) is 0 Å². The van der Waals surface area contributed by atoms with E-state index in [0.29, 0.717) is 0 Å². The van der Waals surface area contributed by atoms with Crippen molar-refractivity contribution in [2.24, 2.45) is 0 Å². The van der Waals surface area contributed by atoms with Crippen molar-refractivity contribution >= 4 is 26.5 Å². The van der Waals surface area contributed by atoms with Gasteiger partial charge in [0.25, 0.3) is 0 Å². The van der Waals surface area contributed by atoms with Crippen LogP contribution in [0.3, 0.4) is 0 Å². The third kappa shape index (κ3) is 4.55. The van der Waals surface area contributed by atoms with Gasteiger partial charge in [-0.2, -0.15) is 0 Å². The van der Waals surface area contributed by atoms with Crippen molar-refractivity contribution in [2.75, 3.05) is 0 Å². The predicted molar refractivity (Wildman–Crippen MR) is 106 cm³/mol. The van der Waals surface area contributed by atoms with Crippen LogP contribution in [-0.2, 0) is 0 Å². The highest BCUT2D eigenvalue weighted by molar-refractivity contribution is 6.90. The van der Waals surface area contributed by atoms with E-state index in [2.05, 4.69) is 99.0 Å². The van der Waals surface area contributed by atoms with E-state index in [-0.39, 0.29) is 0 Å². The summed E-state index contributed by atoms with van der Waals surface area (Å²) in [5, 5.41) is 3.11. The van der Waals surface area contributed by atoms with Gasteiger partial charge in [-0.05, 0) is 12.1 Å². The Kier molecular flexibility index (Phi) is 5.59. The van der Waals surface area contributed by atoms with E-state index in [1.165, 1.54) is 12.1 Å². The Morgan fingerprint density at radius 3 is 1.23 bits per heavy atom. The molecular formula is C20H28Si2. The van der Waals surface area contributed by atoms with Crippen LogP contribution >= 0.6 is 0 Å². The van der Waals surface area contributed by atoms with Gasteiger partial charge < -0.3 is 0 Å². The van der Waals surface area contributed by atoms with Crippen LogP contribution in [0.15, 0.2) is 72.8 Å². The normalized spacial score (nSPS) is 12.7. The first-order chi connectivity index (χ1) is 10.4. The van der Waals surface area contributed by atoms with Crippen molar-refractivity contribution in [3.05, 3.63) is 72.8 Å². The first-order valence-electron chi connectivity index (χ1n) is 8.18. The summed E-state index contributed by atoms with van der Waals surface area (Å²) in [6, 6.07) is 24.5. The van der Waals surface area contributed by atoms with Gasteiger partial charge in [0.05, 0.1) is 16.1 Å². The quantitative estimate of drug-likeness (QED) is 0.530. The lowest BCUT2D eigenvalue weighted by molar-refractivity contribution is 1.46. The molecule has 0 radical (unpaired) electrons. The Labute approximate surface area is 137 Å². The van der Waals surface area contributed by atoms with Crippen LogP contribution in [0.2, 0.25) is 38.3 Å². The number of hydrogen-bond donors (Lipinski definition) is 0. The standard InChI is InChI=1S/C20H28Si2/c1-21(2,19-13-7-5-8-14-19)17-11-12-18-22(3,4)20-15-9-6-10-16-20/h5-16H,17-18H2,1-4H3.